The molecule has 6 aliphatic heterocycles. The number of likely N-dealkylation sites (N-methyl/N-ethyl adjacent to an activating group) is 1. The van der Waals surface area contributed by atoms with Gasteiger partial charge in [-0.1, -0.05) is 0 Å². The zero-order valence-electron chi connectivity index (χ0n) is 75.7. The highest BCUT2D eigenvalue weighted by Gasteiger charge is 2.52. The lowest BCUT2D eigenvalue weighted by Gasteiger charge is -2.46. The Bertz CT molecular complexity index is 6030. The summed E-state index contributed by atoms with van der Waals surface area (Å²) in [6.45, 7) is -2.93. The van der Waals surface area contributed by atoms with Crippen LogP contribution < -0.4 is 56.7 Å². The molecule has 14 heterocycles. The van der Waals surface area contributed by atoms with Gasteiger partial charge >= 0.3 is 55.8 Å². The number of piperazine rings is 1. The van der Waals surface area contributed by atoms with E-state index in [-0.39, 0.29) is 201 Å². The SMILES string of the molecule is CN1C[C@@H](COP(=O)(N(C)C)N2C[C@@H](COP(=O)(N(C)C)N3C[C@@H](COP(=O)(N(C)C)N4C[C@@H](COP(=O)(N(C)C)N5C[C@@H](COP(=O)(N(C)C)N6CCN(C(=O)OCCOCCOCCO)CC6)O[C@@H](n6cnc7c(=O)[nH]c(N)nc76)C5)O[C@@H](Cn5ccc(N)nc5=O)C4)O[C@@H](n4cnc5c(=O)[nH]c(N)nc54)C3)O[C@@H](n3cnc4c(=O)[nH]c(N)nc43)C2)O[C@@H](n2ccc(N)nc2=O)C1. The lowest BCUT2D eigenvalue weighted by molar-refractivity contribution is -0.133. The van der Waals surface area contributed by atoms with Gasteiger partial charge in [0.1, 0.15) is 36.9 Å². The molecule has 6 saturated heterocycles. The number of hydrogen-bond donors (Lipinski definition) is 9. The summed E-state index contributed by atoms with van der Waals surface area (Å²) in [6, 6.07) is 2.87. The molecule has 14 N–H and O–H groups in total. The Kier molecular flexibility index (Phi) is 32.3. The molecule has 0 aliphatic carbocycles. The number of ether oxygens (including phenoxy) is 8. The summed E-state index contributed by atoms with van der Waals surface area (Å²) in [5.41, 5.74) is 26.4. The Morgan fingerprint density at radius 1 is 0.418 bits per heavy atom. The maximum atomic E-state index is 16.5. The van der Waals surface area contributed by atoms with E-state index in [1.54, 1.807) is 32.9 Å². The minimum atomic E-state index is -4.49. The van der Waals surface area contributed by atoms with Crippen LogP contribution in [-0.2, 0) is 89.9 Å². The summed E-state index contributed by atoms with van der Waals surface area (Å²) in [6.07, 6.45) is -4.83. The molecule has 1 amide bonds. The van der Waals surface area contributed by atoms with Crippen molar-refractivity contribution in [3.8, 4) is 0 Å². The first-order valence-corrected chi connectivity index (χ1v) is 50.2. The van der Waals surface area contributed by atoms with E-state index in [0.29, 0.717) is 6.54 Å². The van der Waals surface area contributed by atoms with E-state index in [2.05, 4.69) is 54.8 Å². The first-order chi connectivity index (χ1) is 63.7. The highest BCUT2D eigenvalue weighted by molar-refractivity contribution is 7.55. The molecule has 8 aromatic heterocycles. The van der Waals surface area contributed by atoms with Gasteiger partial charge in [0.05, 0.1) is 148 Å². The normalized spacial score (nSPS) is 25.0. The third kappa shape index (κ3) is 22.5. The predicted octanol–water partition coefficient (Wildman–Crippen LogP) is -2.48. The summed E-state index contributed by atoms with van der Waals surface area (Å²) in [5.74, 6) is -0.814. The summed E-state index contributed by atoms with van der Waals surface area (Å²) in [5, 5.41) is 8.94. The quantitative estimate of drug-likeness (QED) is 0.0142. The number of nitrogens with one attached hydrogen (secondary N) is 3. The van der Waals surface area contributed by atoms with Crippen LogP contribution in [0.2, 0.25) is 0 Å². The zero-order valence-corrected chi connectivity index (χ0v) is 80.2. The van der Waals surface area contributed by atoms with Gasteiger partial charge in [-0.05, 0) is 89.7 Å². The Morgan fingerprint density at radius 2 is 0.754 bits per heavy atom. The Balaban J connectivity index is 0.722. The number of hydrogen-bond acceptors (Lipinski definition) is 39. The number of carbonyl (C=O) groups excluding carboxylic acids is 1. The lowest BCUT2D eigenvalue weighted by Crippen LogP contribution is -2.52. The van der Waals surface area contributed by atoms with Crippen molar-refractivity contribution in [3.63, 3.8) is 0 Å². The number of aliphatic hydroxyl groups is 1. The van der Waals surface area contributed by atoms with Gasteiger partial charge in [-0.15, -0.1) is 0 Å². The summed E-state index contributed by atoms with van der Waals surface area (Å²) >= 11 is 0. The van der Waals surface area contributed by atoms with Gasteiger partial charge in [0.15, 0.2) is 39.7 Å². The highest BCUT2D eigenvalue weighted by atomic mass is 31.2. The zero-order chi connectivity index (χ0) is 96.2. The van der Waals surface area contributed by atoms with Crippen molar-refractivity contribution < 1.29 is 93.2 Å². The van der Waals surface area contributed by atoms with E-state index in [0.717, 1.165) is 0 Å². The van der Waals surface area contributed by atoms with Crippen molar-refractivity contribution >= 4 is 107 Å². The Labute approximate surface area is 765 Å². The Morgan fingerprint density at radius 3 is 1.13 bits per heavy atom. The fourth-order valence-corrected chi connectivity index (χ4v) is 26.1. The van der Waals surface area contributed by atoms with Crippen molar-refractivity contribution in [2.75, 3.05) is 270 Å². The number of H-pyrrole nitrogens is 3. The number of rotatable bonds is 39. The van der Waals surface area contributed by atoms with Crippen molar-refractivity contribution in [1.29, 1.82) is 0 Å². The number of aromatic nitrogens is 16. The second-order valence-electron chi connectivity index (χ2n) is 33.3. The molecule has 134 heavy (non-hydrogen) atoms. The Hall–Kier alpha value is -8.73. The van der Waals surface area contributed by atoms with Crippen LogP contribution in [0.25, 0.3) is 33.5 Å². The monoisotopic (exact) mass is 1990 g/mol. The summed E-state index contributed by atoms with van der Waals surface area (Å²) in [7, 11) is -4.43. The van der Waals surface area contributed by atoms with Gasteiger partial charge in [-0.25, -0.2) is 76.0 Å². The van der Waals surface area contributed by atoms with Gasteiger partial charge in [-0.3, -0.25) is 79.9 Å². The van der Waals surface area contributed by atoms with E-state index < -0.39 is 160 Å². The fraction of sp³-hybridized carbons (Fsp3) is 0.662. The van der Waals surface area contributed by atoms with Gasteiger partial charge in [-0.2, -0.15) is 24.9 Å². The van der Waals surface area contributed by atoms with Gasteiger partial charge in [0.2, 0.25) is 17.8 Å². The molecular weight excluding hydrogens is 1870 g/mol. The van der Waals surface area contributed by atoms with Crippen LogP contribution in [0.1, 0.15) is 24.9 Å². The number of aliphatic hydroxyl groups excluding tert-OH is 1. The number of amides is 1. The maximum absolute atomic E-state index is 16.5. The topological polar surface area (TPSA) is 672 Å². The van der Waals surface area contributed by atoms with Crippen LogP contribution in [0.5, 0.6) is 0 Å². The molecule has 0 saturated carbocycles. The lowest BCUT2D eigenvalue weighted by atomic mass is 10.2. The molecule has 0 bridgehead atoms. The number of morpholine rings is 5. The molecule has 0 radical (unpaired) electrons. The van der Waals surface area contributed by atoms with Gasteiger partial charge in [0, 0.05) is 84.4 Å². The molecule has 6 fully saturated rings. The molecule has 15 atom stereocenters. The van der Waals surface area contributed by atoms with E-state index in [1.807, 2.05) is 11.9 Å². The predicted molar refractivity (Wildman–Crippen MR) is 481 cm³/mol. The van der Waals surface area contributed by atoms with Crippen LogP contribution in [0.15, 0.2) is 67.5 Å². The maximum Gasteiger partial charge on any atom is 0.409 e. The standard InChI is InChI=1S/C71H116N33O25P5/c1-88(2)130(112,96-18-16-94(17-19-96)71(111)119-25-24-118-23-22-117-21-20-105)120-39-48-30-99(35-54(127-48)102-42-77-57-60(102)82-66(74)85-63(57)106)133(115,91(7)8)122-38-47-29-97(28-45(125-47)27-95-14-12-51(72)80-69(95)109)131(113,89(3)4)123-40-49-31-100(36-56(128-49)104-44-79-59-62(104)84-68(76)87-65(59)108)134(116,92(9)10)124-41-50-32-98(34-55(129-50)103-43-78-58-61(103)83-67(75)86-64(58)107)132(114,90(5)6)121-37-46-26-93(11)33-53(126-46)101-15-13-52(73)81-70(101)110/h12-15,42-50,53-56,105H,16-41H2,1-11H3,(H2,72,80,109)(H2,73,81,110)(H3,74,82,85,106)(H3,75,83,86,107)(H3,76,84,87,108)/t45-,46-,47-,48-,49-,50-,53+,54+,55+,56+,130?,131?,132?,133?,134?/m0/s1. The molecule has 740 valence electrons. The number of fused-ring (bicyclic) bond motifs is 3. The minimum absolute atomic E-state index is 0.000145. The fourth-order valence-electron chi connectivity index (χ4n) is 16.1. The molecule has 0 spiro atoms. The van der Waals surface area contributed by atoms with E-state index >= 15 is 22.8 Å². The average Bonchev–Trinajstić information content (AvgIpc) is 1.53. The van der Waals surface area contributed by atoms with Crippen molar-refractivity contribution in [2.24, 2.45) is 0 Å². The van der Waals surface area contributed by atoms with Crippen LogP contribution >= 0.6 is 38.4 Å². The molecule has 6 aliphatic rings. The van der Waals surface area contributed by atoms with Crippen molar-refractivity contribution in [2.45, 2.75) is 68.1 Å². The third-order valence-electron chi connectivity index (χ3n) is 22.7. The number of imidazole rings is 3. The van der Waals surface area contributed by atoms with Crippen LogP contribution in [0, 0.1) is 0 Å². The number of nitrogen functional groups attached to an aromatic ring is 5. The molecule has 5 unspecified atom stereocenters. The van der Waals surface area contributed by atoms with E-state index in [1.165, 1.54) is 156 Å². The third-order valence-corrected chi connectivity index (χ3v) is 35.5. The molecule has 63 heteroatoms. The minimum Gasteiger partial charge on any atom is -0.447 e. The number of carbonyl (C=O) groups is 1. The average molecular weight is 1990 g/mol. The van der Waals surface area contributed by atoms with E-state index in [4.69, 9.17) is 94.3 Å². The van der Waals surface area contributed by atoms with E-state index in [9.17, 15) is 28.8 Å². The molecule has 14 rings (SSSR count). The number of nitrogens with two attached hydrogens (primary N) is 5. The summed E-state index contributed by atoms with van der Waals surface area (Å²) < 4.78 is 185. The van der Waals surface area contributed by atoms with Crippen LogP contribution in [0.4, 0.5) is 34.3 Å². The van der Waals surface area contributed by atoms with Crippen LogP contribution in [0.3, 0.4) is 0 Å². The van der Waals surface area contributed by atoms with Crippen LogP contribution in [-0.4, -0.2) is 424 Å². The van der Waals surface area contributed by atoms with Gasteiger partial charge < -0.3 is 99.2 Å². The number of nitrogens with zero attached hydrogens (tertiary/aromatic N) is 25. The number of aromatic amines is 3. The second kappa shape index (κ2) is 42.7. The van der Waals surface area contributed by atoms with Crippen molar-refractivity contribution in [1.82, 2.24) is 134 Å². The summed E-state index contributed by atoms with van der Waals surface area (Å²) in [4.78, 5) is 125. The van der Waals surface area contributed by atoms with Crippen molar-refractivity contribution in [3.05, 3.63) is 95.5 Å². The highest BCUT2D eigenvalue weighted by Crippen LogP contribution is 2.61. The molecular formula is C71H116N33O25P5. The largest absolute Gasteiger partial charge is 0.447 e. The second-order valence-corrected chi connectivity index (χ2v) is 46.3. The van der Waals surface area contributed by atoms with Gasteiger partial charge in [0.25, 0.3) is 16.7 Å². The number of anilines is 5. The molecule has 58 nitrogen and oxygen atoms in total. The first-order valence-electron chi connectivity index (χ1n) is 42.5. The smallest absolute Gasteiger partial charge is 0.409 e. The molecule has 8 aromatic rings. The first kappa shape index (κ1) is 101. The molecule has 0 aromatic carbocycles.